The van der Waals surface area contributed by atoms with Crippen LogP contribution >= 0.6 is 0 Å². The molecular formula is C21H20Cl2Hf. The predicted molar refractivity (Wildman–Crippen MR) is 90.4 cm³/mol. The number of rotatable bonds is 2. The molecule has 1 aliphatic heterocycles. The van der Waals surface area contributed by atoms with Crippen LogP contribution in [0.3, 0.4) is 0 Å². The number of hydrogen-bond acceptors (Lipinski definition) is 0. The maximum Gasteiger partial charge on any atom is -1.00 e. The van der Waals surface area contributed by atoms with Crippen molar-refractivity contribution in [3.05, 3.63) is 75.1 Å². The Bertz CT molecular complexity index is 853. The van der Waals surface area contributed by atoms with Crippen LogP contribution in [0.25, 0.3) is 11.1 Å². The van der Waals surface area contributed by atoms with Gasteiger partial charge < -0.3 is 24.8 Å². The summed E-state index contributed by atoms with van der Waals surface area (Å²) in [5.41, 5.74) is 6.22. The van der Waals surface area contributed by atoms with Gasteiger partial charge in [-0.2, -0.15) is 0 Å². The molecule has 0 bridgehead atoms. The van der Waals surface area contributed by atoms with Crippen LogP contribution in [0.1, 0.15) is 24.5 Å². The number of allylic oxidation sites excluding steroid dienone is 4. The van der Waals surface area contributed by atoms with Crippen LogP contribution in [0, 0.1) is 0 Å². The van der Waals surface area contributed by atoms with Gasteiger partial charge in [0.05, 0.1) is 0 Å². The summed E-state index contributed by atoms with van der Waals surface area (Å²) in [6, 6.07) is 16.2. The summed E-state index contributed by atoms with van der Waals surface area (Å²) in [4.78, 5) is 0. The molecule has 5 rings (SSSR count). The van der Waals surface area contributed by atoms with Gasteiger partial charge >= 0.3 is 137 Å². The maximum atomic E-state index is 2.52. The van der Waals surface area contributed by atoms with Crippen molar-refractivity contribution in [2.24, 2.45) is 0 Å². The van der Waals surface area contributed by atoms with Crippen LogP contribution in [-0.4, -0.2) is 0 Å². The Morgan fingerprint density at radius 1 is 0.958 bits per heavy atom. The number of fused-ring (bicyclic) bond motifs is 3. The third kappa shape index (κ3) is 2.43. The molecule has 24 heavy (non-hydrogen) atoms. The van der Waals surface area contributed by atoms with Gasteiger partial charge in [-0.3, -0.25) is 0 Å². The third-order valence-corrected chi connectivity index (χ3v) is 26.0. The van der Waals surface area contributed by atoms with Gasteiger partial charge in [-0.1, -0.05) is 0 Å². The van der Waals surface area contributed by atoms with Crippen LogP contribution in [0.15, 0.2) is 64.0 Å². The summed E-state index contributed by atoms with van der Waals surface area (Å²) in [7, 11) is 0. The molecule has 0 spiro atoms. The molecule has 2 aromatic rings. The largest absolute Gasteiger partial charge is 1.00 e. The Morgan fingerprint density at radius 3 is 2.42 bits per heavy atom. The fourth-order valence-electron chi connectivity index (χ4n) is 4.77. The summed E-state index contributed by atoms with van der Waals surface area (Å²) < 4.78 is 6.20. The molecule has 2 aromatic carbocycles. The van der Waals surface area contributed by atoms with Crippen molar-refractivity contribution >= 4 is 3.32 Å². The van der Waals surface area contributed by atoms with Crippen molar-refractivity contribution in [1.82, 2.24) is 0 Å². The van der Waals surface area contributed by atoms with Crippen LogP contribution in [0.4, 0.5) is 0 Å². The molecule has 3 heteroatoms. The Labute approximate surface area is 161 Å². The van der Waals surface area contributed by atoms with Crippen molar-refractivity contribution in [2.75, 3.05) is 0 Å². The van der Waals surface area contributed by atoms with Crippen molar-refractivity contribution in [3.63, 3.8) is 0 Å². The van der Waals surface area contributed by atoms with Gasteiger partial charge in [0.2, 0.25) is 0 Å². The Kier molecular flexibility index (Phi) is 4.99. The Morgan fingerprint density at radius 2 is 1.71 bits per heavy atom. The first kappa shape index (κ1) is 18.2. The second kappa shape index (κ2) is 6.59. The summed E-state index contributed by atoms with van der Waals surface area (Å²) in [6.07, 6.45) is 9.52. The monoisotopic (exact) mass is 522 g/mol. The summed E-state index contributed by atoms with van der Waals surface area (Å²) in [5.74, 6) is 0. The second-order valence-corrected chi connectivity index (χ2v) is 23.3. The van der Waals surface area contributed by atoms with Gasteiger partial charge in [-0.15, -0.1) is 0 Å². The van der Waals surface area contributed by atoms with Crippen molar-refractivity contribution < 1.29 is 44.8 Å². The zero-order chi connectivity index (χ0) is 14.7. The Balaban J connectivity index is 0.000000845. The standard InChI is InChI=1S/C13H9.C5H5.C3H6.2ClH.Hf/c1-3-7-12-10(5-1)9-11-6-2-4-8-13(11)12;1-2-4-5-3-1;1-3-2;;;/h1-5,7-8H,9H2;1-3H,4H2;3H,1H2,2H3;2*1H;/q;;;;;+2/p-2. The molecule has 0 amide bonds. The molecule has 2 unspecified atom stereocenters. The smallest absolute Gasteiger partial charge is 1.00 e. The number of benzene rings is 2. The minimum Gasteiger partial charge on any atom is -1.00 e. The van der Waals surface area contributed by atoms with Crippen LogP contribution < -0.4 is 28.1 Å². The van der Waals surface area contributed by atoms with E-state index < -0.39 is 20.0 Å². The van der Waals surface area contributed by atoms with E-state index in [2.05, 4.69) is 67.6 Å². The van der Waals surface area contributed by atoms with Crippen molar-refractivity contribution in [1.29, 1.82) is 0 Å². The number of halogens is 2. The topological polar surface area (TPSA) is 0 Å². The molecule has 1 saturated heterocycles. The molecule has 0 nitrogen and oxygen atoms in total. The van der Waals surface area contributed by atoms with Gasteiger partial charge in [0.25, 0.3) is 0 Å². The van der Waals surface area contributed by atoms with Gasteiger partial charge in [0.1, 0.15) is 0 Å². The van der Waals surface area contributed by atoms with E-state index in [0.29, 0.717) is 0 Å². The van der Waals surface area contributed by atoms with Gasteiger partial charge in [0, 0.05) is 0 Å². The first-order valence-corrected chi connectivity index (χ1v) is 16.6. The molecule has 122 valence electrons. The molecule has 0 radical (unpaired) electrons. The molecule has 1 heterocycles. The van der Waals surface area contributed by atoms with E-state index in [4.69, 9.17) is 0 Å². The second-order valence-electron chi connectivity index (χ2n) is 7.07. The van der Waals surface area contributed by atoms with Gasteiger partial charge in [0.15, 0.2) is 0 Å². The van der Waals surface area contributed by atoms with Gasteiger partial charge in [-0.25, -0.2) is 0 Å². The molecule has 0 aromatic heterocycles. The fraction of sp³-hybridized carbons (Fsp3) is 0.238. The van der Waals surface area contributed by atoms with Crippen LogP contribution in [-0.2, 0) is 26.4 Å². The summed E-state index contributed by atoms with van der Waals surface area (Å²) >= 11 is -2.43. The summed E-state index contributed by atoms with van der Waals surface area (Å²) in [5, 5.41) is 0. The average Bonchev–Trinajstić information content (AvgIpc) is 2.98. The summed E-state index contributed by atoms with van der Waals surface area (Å²) in [6.45, 7) is 2.52. The molecular weight excluding hydrogens is 502 g/mol. The average molecular weight is 522 g/mol. The van der Waals surface area contributed by atoms with E-state index in [1.54, 1.807) is 5.56 Å². The minimum absolute atomic E-state index is 0. The van der Waals surface area contributed by atoms with E-state index >= 15 is 0 Å². The van der Waals surface area contributed by atoms with E-state index in [9.17, 15) is 0 Å². The Hall–Kier alpha value is -0.630. The minimum atomic E-state index is -2.43. The maximum absolute atomic E-state index is 2.52. The normalized spacial score (nSPS) is 22.5. The quantitative estimate of drug-likeness (QED) is 0.385. The first-order chi connectivity index (χ1) is 10.8. The molecule has 0 N–H and O–H groups in total. The van der Waals surface area contributed by atoms with Crippen molar-refractivity contribution in [3.8, 4) is 11.1 Å². The molecule has 3 aliphatic rings. The molecule has 2 aliphatic carbocycles. The van der Waals surface area contributed by atoms with E-state index in [-0.39, 0.29) is 24.8 Å². The fourth-order valence-corrected chi connectivity index (χ4v) is 28.3. The third-order valence-electron chi connectivity index (χ3n) is 5.98. The number of hydrogen-bond donors (Lipinski definition) is 0. The zero-order valence-corrected chi connectivity index (χ0v) is 18.8. The first-order valence-electron chi connectivity index (χ1n) is 8.37. The predicted octanol–water partition coefficient (Wildman–Crippen LogP) is -0.871. The van der Waals surface area contributed by atoms with Gasteiger partial charge in [-0.05, 0) is 0 Å². The SMILES string of the molecule is C[CH]1[CH2][Hf+2]1([C]1=CC=CC1)[c]1cccc2c1Cc1ccccc1-2.[Cl-].[Cl-]. The molecule has 1 fully saturated rings. The van der Waals surface area contributed by atoms with E-state index in [0.717, 1.165) is 10.1 Å². The molecule has 0 saturated carbocycles. The molecule has 2 atom stereocenters. The van der Waals surface area contributed by atoms with Crippen molar-refractivity contribution in [2.45, 2.75) is 27.6 Å². The van der Waals surface area contributed by atoms with Crippen LogP contribution in [0.2, 0.25) is 7.85 Å². The zero-order valence-electron chi connectivity index (χ0n) is 13.7. The van der Waals surface area contributed by atoms with E-state index in [1.807, 2.05) is 6.65 Å². The van der Waals surface area contributed by atoms with Crippen LogP contribution in [0.5, 0.6) is 0 Å². The van der Waals surface area contributed by atoms with E-state index in [1.165, 1.54) is 27.3 Å².